The zero-order chi connectivity index (χ0) is 19.2. The van der Waals surface area contributed by atoms with Crippen molar-refractivity contribution in [2.45, 2.75) is 13.5 Å². The maximum atomic E-state index is 12.6. The van der Waals surface area contributed by atoms with E-state index in [1.807, 2.05) is 18.4 Å². The number of carbonyl (C=O) groups is 1. The van der Waals surface area contributed by atoms with Crippen LogP contribution in [-0.2, 0) is 6.61 Å². The first-order valence-electron chi connectivity index (χ1n) is 8.25. The van der Waals surface area contributed by atoms with Gasteiger partial charge in [-0.25, -0.2) is 4.98 Å². The number of thiazole rings is 1. The molecule has 140 valence electrons. The van der Waals surface area contributed by atoms with Crippen LogP contribution >= 0.6 is 11.3 Å². The van der Waals surface area contributed by atoms with Crippen LogP contribution in [0.4, 0.5) is 5.69 Å². The molecule has 0 fully saturated rings. The average Bonchev–Trinajstić information content (AvgIpc) is 3.11. The van der Waals surface area contributed by atoms with Gasteiger partial charge in [-0.15, -0.1) is 11.3 Å². The summed E-state index contributed by atoms with van der Waals surface area (Å²) in [7, 11) is 3.12. The molecule has 0 spiro atoms. The molecule has 0 unspecified atom stereocenters. The lowest BCUT2D eigenvalue weighted by Crippen LogP contribution is -2.12. The van der Waals surface area contributed by atoms with E-state index in [0.717, 1.165) is 10.7 Å². The van der Waals surface area contributed by atoms with Gasteiger partial charge in [0.2, 0.25) is 0 Å². The normalized spacial score (nSPS) is 10.3. The van der Waals surface area contributed by atoms with E-state index in [1.54, 1.807) is 62.0 Å². The molecule has 1 heterocycles. The summed E-state index contributed by atoms with van der Waals surface area (Å²) in [6.07, 6.45) is 0. The molecule has 6 nitrogen and oxygen atoms in total. The molecule has 0 bridgehead atoms. The number of methoxy groups -OCH3 is 2. The molecule has 0 aliphatic carbocycles. The summed E-state index contributed by atoms with van der Waals surface area (Å²) < 4.78 is 16.2. The minimum absolute atomic E-state index is 0.250. The molecule has 0 saturated heterocycles. The molecule has 2 aromatic carbocycles. The Morgan fingerprint density at radius 1 is 1.07 bits per heavy atom. The fraction of sp³-hybridized carbons (Fsp3) is 0.200. The quantitative estimate of drug-likeness (QED) is 0.658. The number of amides is 1. The summed E-state index contributed by atoms with van der Waals surface area (Å²) in [6, 6.07) is 12.2. The van der Waals surface area contributed by atoms with Gasteiger partial charge < -0.3 is 19.5 Å². The Kier molecular flexibility index (Phi) is 5.93. The second-order valence-corrected chi connectivity index (χ2v) is 6.79. The predicted molar refractivity (Wildman–Crippen MR) is 105 cm³/mol. The molecule has 1 amide bonds. The maximum Gasteiger partial charge on any atom is 0.255 e. The molecular formula is C20H20N2O4S. The smallest absolute Gasteiger partial charge is 0.255 e. The Labute approximate surface area is 161 Å². The van der Waals surface area contributed by atoms with Crippen LogP contribution in [-0.4, -0.2) is 25.1 Å². The van der Waals surface area contributed by atoms with Crippen LogP contribution in [0.5, 0.6) is 17.2 Å². The molecule has 0 atom stereocenters. The molecule has 3 rings (SSSR count). The highest BCUT2D eigenvalue weighted by Gasteiger charge is 2.10. The molecule has 3 aromatic rings. The predicted octanol–water partition coefficient (Wildman–Crippen LogP) is 4.30. The fourth-order valence-corrected chi connectivity index (χ4v) is 3.04. The lowest BCUT2D eigenvalue weighted by atomic mass is 10.2. The van der Waals surface area contributed by atoms with Crippen LogP contribution in [0.15, 0.2) is 47.8 Å². The van der Waals surface area contributed by atoms with Gasteiger partial charge in [0, 0.05) is 34.8 Å². The number of hydrogen-bond acceptors (Lipinski definition) is 6. The zero-order valence-electron chi connectivity index (χ0n) is 15.3. The largest absolute Gasteiger partial charge is 0.497 e. The number of aryl methyl sites for hydroxylation is 1. The van der Waals surface area contributed by atoms with Gasteiger partial charge in [-0.05, 0) is 25.1 Å². The number of anilines is 1. The van der Waals surface area contributed by atoms with E-state index in [1.165, 1.54) is 0 Å². The molecule has 0 saturated carbocycles. The summed E-state index contributed by atoms with van der Waals surface area (Å²) >= 11 is 1.58. The number of aromatic nitrogens is 1. The van der Waals surface area contributed by atoms with Crippen LogP contribution in [0.25, 0.3) is 0 Å². The van der Waals surface area contributed by atoms with Crippen molar-refractivity contribution >= 4 is 22.9 Å². The second kappa shape index (κ2) is 8.55. The molecule has 1 aromatic heterocycles. The first-order chi connectivity index (χ1) is 13.1. The minimum atomic E-state index is -0.250. The number of nitrogens with zero attached hydrogens (tertiary/aromatic N) is 1. The lowest BCUT2D eigenvalue weighted by molar-refractivity contribution is 0.102. The Morgan fingerprint density at radius 3 is 2.44 bits per heavy atom. The minimum Gasteiger partial charge on any atom is -0.497 e. The van der Waals surface area contributed by atoms with Crippen molar-refractivity contribution in [3.8, 4) is 17.2 Å². The topological polar surface area (TPSA) is 69.7 Å². The van der Waals surface area contributed by atoms with Gasteiger partial charge >= 0.3 is 0 Å². The SMILES string of the molecule is COc1cc(NC(=O)c2cccc(OCc3csc(C)n3)c2)cc(OC)c1. The van der Waals surface area contributed by atoms with Crippen LogP contribution in [0.3, 0.4) is 0 Å². The standard InChI is InChI=1S/C20H20N2O4S/c1-13-21-16(12-27-13)11-26-17-6-4-5-14(7-17)20(23)22-15-8-18(24-2)10-19(9-15)25-3/h4-10,12H,11H2,1-3H3,(H,22,23). The van der Waals surface area contributed by atoms with Gasteiger partial charge in [0.05, 0.1) is 24.9 Å². The van der Waals surface area contributed by atoms with Crippen molar-refractivity contribution in [2.24, 2.45) is 0 Å². The van der Waals surface area contributed by atoms with Crippen LogP contribution in [0, 0.1) is 6.92 Å². The Morgan fingerprint density at radius 2 is 1.81 bits per heavy atom. The van der Waals surface area contributed by atoms with E-state index in [2.05, 4.69) is 10.3 Å². The van der Waals surface area contributed by atoms with Crippen molar-refractivity contribution < 1.29 is 19.0 Å². The molecule has 0 aliphatic heterocycles. The first-order valence-corrected chi connectivity index (χ1v) is 9.13. The average molecular weight is 384 g/mol. The summed E-state index contributed by atoms with van der Waals surface area (Å²) in [5.74, 6) is 1.55. The Hall–Kier alpha value is -3.06. The van der Waals surface area contributed by atoms with Gasteiger partial charge in [0.15, 0.2) is 0 Å². The van der Waals surface area contributed by atoms with Gasteiger partial charge in [-0.3, -0.25) is 4.79 Å². The molecule has 0 aliphatic rings. The van der Waals surface area contributed by atoms with Gasteiger partial charge in [-0.2, -0.15) is 0 Å². The third kappa shape index (κ3) is 4.98. The number of nitrogens with one attached hydrogen (secondary N) is 1. The van der Waals surface area contributed by atoms with E-state index < -0.39 is 0 Å². The number of ether oxygens (including phenoxy) is 3. The van der Waals surface area contributed by atoms with Crippen molar-refractivity contribution in [3.63, 3.8) is 0 Å². The number of benzene rings is 2. The lowest BCUT2D eigenvalue weighted by Gasteiger charge is -2.11. The van der Waals surface area contributed by atoms with Crippen molar-refractivity contribution in [1.82, 2.24) is 4.98 Å². The summed E-state index contributed by atoms with van der Waals surface area (Å²) in [6.45, 7) is 2.31. The third-order valence-electron chi connectivity index (χ3n) is 3.76. The van der Waals surface area contributed by atoms with Gasteiger partial charge in [-0.1, -0.05) is 6.07 Å². The maximum absolute atomic E-state index is 12.6. The number of rotatable bonds is 7. The highest BCUT2D eigenvalue weighted by Crippen LogP contribution is 2.26. The molecule has 7 heteroatoms. The number of carbonyl (C=O) groups excluding carboxylic acids is 1. The zero-order valence-corrected chi connectivity index (χ0v) is 16.1. The van der Waals surface area contributed by atoms with E-state index in [4.69, 9.17) is 14.2 Å². The first kappa shape index (κ1) is 18.7. The van der Waals surface area contributed by atoms with Crippen LogP contribution in [0.1, 0.15) is 21.1 Å². The van der Waals surface area contributed by atoms with E-state index in [0.29, 0.717) is 35.1 Å². The van der Waals surface area contributed by atoms with E-state index in [-0.39, 0.29) is 5.91 Å². The third-order valence-corrected chi connectivity index (χ3v) is 4.58. The summed E-state index contributed by atoms with van der Waals surface area (Å²) in [5, 5.41) is 5.80. The van der Waals surface area contributed by atoms with Crippen molar-refractivity contribution in [2.75, 3.05) is 19.5 Å². The molecule has 0 radical (unpaired) electrons. The molecular weight excluding hydrogens is 364 g/mol. The fourth-order valence-electron chi connectivity index (χ4n) is 2.44. The Bertz CT molecular complexity index is 917. The molecule has 27 heavy (non-hydrogen) atoms. The van der Waals surface area contributed by atoms with Crippen LogP contribution < -0.4 is 19.5 Å². The van der Waals surface area contributed by atoms with Crippen molar-refractivity contribution in [1.29, 1.82) is 0 Å². The monoisotopic (exact) mass is 384 g/mol. The second-order valence-electron chi connectivity index (χ2n) is 5.73. The van der Waals surface area contributed by atoms with Crippen molar-refractivity contribution in [3.05, 3.63) is 64.1 Å². The Balaban J connectivity index is 1.70. The number of hydrogen-bond donors (Lipinski definition) is 1. The van der Waals surface area contributed by atoms with Crippen LogP contribution in [0.2, 0.25) is 0 Å². The summed E-state index contributed by atoms with van der Waals surface area (Å²) in [4.78, 5) is 16.9. The highest BCUT2D eigenvalue weighted by atomic mass is 32.1. The van der Waals surface area contributed by atoms with E-state index in [9.17, 15) is 4.79 Å². The highest BCUT2D eigenvalue weighted by molar-refractivity contribution is 7.09. The molecule has 1 N–H and O–H groups in total. The van der Waals surface area contributed by atoms with Gasteiger partial charge in [0.1, 0.15) is 23.9 Å². The van der Waals surface area contributed by atoms with E-state index >= 15 is 0 Å². The summed E-state index contributed by atoms with van der Waals surface area (Å²) in [5.41, 5.74) is 1.94. The van der Waals surface area contributed by atoms with Gasteiger partial charge in [0.25, 0.3) is 5.91 Å².